The molecule has 30 heavy (non-hydrogen) atoms. The zero-order valence-electron chi connectivity index (χ0n) is 17.9. The molecule has 0 aliphatic heterocycles. The maximum absolute atomic E-state index is 14.0. The molecule has 0 spiro atoms. The lowest BCUT2D eigenvalue weighted by molar-refractivity contribution is -0.138. The highest BCUT2D eigenvalue weighted by molar-refractivity contribution is 5.86. The van der Waals surface area contributed by atoms with Crippen LogP contribution in [0.4, 0.5) is 0 Å². The second-order valence-corrected chi connectivity index (χ2v) is 7.67. The summed E-state index contributed by atoms with van der Waals surface area (Å²) < 4.78 is 0. The van der Waals surface area contributed by atoms with Gasteiger partial charge in [-0.25, -0.2) is 0 Å². The summed E-state index contributed by atoms with van der Waals surface area (Å²) in [7, 11) is 0. The molecular weight excluding hydrogens is 370 g/mol. The third-order valence-corrected chi connectivity index (χ3v) is 5.52. The number of rotatable bonds is 9. The van der Waals surface area contributed by atoms with E-state index in [0.717, 1.165) is 18.4 Å². The normalized spacial score (nSPS) is 12.4. The molecule has 3 nitrogen and oxygen atoms in total. The van der Waals surface area contributed by atoms with Crippen molar-refractivity contribution < 1.29 is 9.90 Å². The number of nitrogens with zero attached hydrogens (tertiary/aromatic N) is 1. The Morgan fingerprint density at radius 1 is 0.767 bits per heavy atom. The van der Waals surface area contributed by atoms with Crippen LogP contribution in [-0.2, 0) is 10.4 Å². The number of amides is 1. The molecule has 0 aliphatic carbocycles. The smallest absolute Gasteiger partial charge is 0.233 e. The summed E-state index contributed by atoms with van der Waals surface area (Å²) in [6.45, 7) is 5.51. The number of aliphatic hydroxyl groups is 1. The highest BCUT2D eigenvalue weighted by atomic mass is 16.3. The SMILES string of the molecule is CCCN(CCC)C(=O)[C@H](c1ccccc1)C(O)(c1ccccc1)c1ccccc1. The molecule has 0 saturated carbocycles. The Bertz CT molecular complexity index is 864. The minimum Gasteiger partial charge on any atom is -0.379 e. The minimum absolute atomic E-state index is 0.0416. The predicted octanol–water partition coefficient (Wildman–Crippen LogP) is 5.35. The molecule has 0 heterocycles. The Labute approximate surface area is 180 Å². The van der Waals surface area contributed by atoms with E-state index in [9.17, 15) is 9.90 Å². The number of hydrogen-bond donors (Lipinski definition) is 1. The highest BCUT2D eigenvalue weighted by Crippen LogP contribution is 2.43. The van der Waals surface area contributed by atoms with Gasteiger partial charge in [0.15, 0.2) is 0 Å². The van der Waals surface area contributed by atoms with Crippen LogP contribution in [0.2, 0.25) is 0 Å². The van der Waals surface area contributed by atoms with E-state index in [1.807, 2.05) is 95.9 Å². The summed E-state index contributed by atoms with van der Waals surface area (Å²) in [5.74, 6) is -0.790. The molecule has 3 aromatic rings. The van der Waals surface area contributed by atoms with Crippen molar-refractivity contribution in [1.29, 1.82) is 0 Å². The Morgan fingerprint density at radius 3 is 1.57 bits per heavy atom. The molecular formula is C27H31NO2. The third kappa shape index (κ3) is 4.47. The Hall–Kier alpha value is -2.91. The van der Waals surface area contributed by atoms with Gasteiger partial charge in [-0.3, -0.25) is 4.79 Å². The zero-order valence-corrected chi connectivity index (χ0v) is 17.9. The number of carbonyl (C=O) groups excluding carboxylic acids is 1. The highest BCUT2D eigenvalue weighted by Gasteiger charge is 2.46. The molecule has 3 rings (SSSR count). The van der Waals surface area contributed by atoms with Gasteiger partial charge in [-0.05, 0) is 29.5 Å². The van der Waals surface area contributed by atoms with Gasteiger partial charge < -0.3 is 10.0 Å². The molecule has 0 aromatic heterocycles. The molecule has 3 heteroatoms. The molecule has 3 aromatic carbocycles. The van der Waals surface area contributed by atoms with Gasteiger partial charge in [0.2, 0.25) is 5.91 Å². The van der Waals surface area contributed by atoms with Crippen LogP contribution in [0.15, 0.2) is 91.0 Å². The van der Waals surface area contributed by atoms with Crippen LogP contribution < -0.4 is 0 Å². The van der Waals surface area contributed by atoms with Crippen molar-refractivity contribution in [3.05, 3.63) is 108 Å². The topological polar surface area (TPSA) is 40.5 Å². The lowest BCUT2D eigenvalue weighted by Crippen LogP contribution is -2.46. The fourth-order valence-corrected chi connectivity index (χ4v) is 4.15. The van der Waals surface area contributed by atoms with E-state index < -0.39 is 11.5 Å². The van der Waals surface area contributed by atoms with E-state index in [4.69, 9.17) is 0 Å². The molecule has 0 bridgehead atoms. The molecule has 0 aliphatic rings. The molecule has 1 N–H and O–H groups in total. The van der Waals surface area contributed by atoms with Gasteiger partial charge in [0.25, 0.3) is 0 Å². The number of carbonyl (C=O) groups is 1. The van der Waals surface area contributed by atoms with Crippen molar-refractivity contribution >= 4 is 5.91 Å². The maximum Gasteiger partial charge on any atom is 0.233 e. The Morgan fingerprint density at radius 2 is 1.17 bits per heavy atom. The molecule has 0 saturated heterocycles. The van der Waals surface area contributed by atoms with Crippen LogP contribution in [0.5, 0.6) is 0 Å². The van der Waals surface area contributed by atoms with Gasteiger partial charge in [-0.15, -0.1) is 0 Å². The predicted molar refractivity (Wildman–Crippen MR) is 122 cm³/mol. The first-order chi connectivity index (χ1) is 14.6. The summed E-state index contributed by atoms with van der Waals surface area (Å²) in [6.07, 6.45) is 1.75. The van der Waals surface area contributed by atoms with E-state index in [1.165, 1.54) is 0 Å². The summed E-state index contributed by atoms with van der Waals surface area (Å²) >= 11 is 0. The second-order valence-electron chi connectivity index (χ2n) is 7.67. The third-order valence-electron chi connectivity index (χ3n) is 5.52. The van der Waals surface area contributed by atoms with E-state index in [1.54, 1.807) is 0 Å². The summed E-state index contributed by atoms with van der Waals surface area (Å²) in [4.78, 5) is 15.9. The first kappa shape index (κ1) is 21.8. The maximum atomic E-state index is 14.0. The van der Waals surface area contributed by atoms with E-state index in [0.29, 0.717) is 24.2 Å². The molecule has 0 fully saturated rings. The standard InChI is InChI=1S/C27H31NO2/c1-3-20-28(21-4-2)26(29)25(22-14-8-5-9-15-22)27(30,23-16-10-6-11-17-23)24-18-12-7-13-19-24/h5-19,25,30H,3-4,20-21H2,1-2H3/t25-/m0/s1. The lowest BCUT2D eigenvalue weighted by atomic mass is 9.72. The van der Waals surface area contributed by atoms with Gasteiger partial charge in [0, 0.05) is 13.1 Å². The fourth-order valence-electron chi connectivity index (χ4n) is 4.15. The summed E-state index contributed by atoms with van der Waals surface area (Å²) in [5, 5.41) is 12.4. The Balaban J connectivity index is 2.24. The molecule has 0 radical (unpaired) electrons. The van der Waals surface area contributed by atoms with Crippen molar-refractivity contribution in [3.8, 4) is 0 Å². The molecule has 0 unspecified atom stereocenters. The molecule has 156 valence electrons. The van der Waals surface area contributed by atoms with Crippen LogP contribution in [0.1, 0.15) is 49.3 Å². The van der Waals surface area contributed by atoms with Crippen LogP contribution in [0, 0.1) is 0 Å². The average molecular weight is 402 g/mol. The van der Waals surface area contributed by atoms with Crippen LogP contribution in [0.3, 0.4) is 0 Å². The zero-order chi connectivity index (χ0) is 21.4. The fraction of sp³-hybridized carbons (Fsp3) is 0.296. The first-order valence-corrected chi connectivity index (χ1v) is 10.8. The van der Waals surface area contributed by atoms with Gasteiger partial charge in [-0.1, -0.05) is 105 Å². The van der Waals surface area contributed by atoms with E-state index in [-0.39, 0.29) is 5.91 Å². The Kier molecular flexibility index (Phi) is 7.42. The number of benzene rings is 3. The lowest BCUT2D eigenvalue weighted by Gasteiger charge is -2.39. The van der Waals surface area contributed by atoms with Crippen molar-refractivity contribution in [2.45, 2.75) is 38.2 Å². The quantitative estimate of drug-likeness (QED) is 0.525. The number of hydrogen-bond acceptors (Lipinski definition) is 2. The minimum atomic E-state index is -1.49. The monoisotopic (exact) mass is 401 g/mol. The van der Waals surface area contributed by atoms with Crippen molar-refractivity contribution in [2.75, 3.05) is 13.1 Å². The largest absolute Gasteiger partial charge is 0.379 e. The van der Waals surface area contributed by atoms with Crippen molar-refractivity contribution in [2.24, 2.45) is 0 Å². The summed E-state index contributed by atoms with van der Waals surface area (Å²) in [5.41, 5.74) is 0.758. The molecule has 1 amide bonds. The van der Waals surface area contributed by atoms with Crippen molar-refractivity contribution in [1.82, 2.24) is 4.90 Å². The molecule has 1 atom stereocenters. The second kappa shape index (κ2) is 10.2. The van der Waals surface area contributed by atoms with Gasteiger partial charge in [0.05, 0.1) is 0 Å². The summed E-state index contributed by atoms with van der Waals surface area (Å²) in [6, 6.07) is 28.8. The van der Waals surface area contributed by atoms with E-state index >= 15 is 0 Å². The van der Waals surface area contributed by atoms with Gasteiger partial charge >= 0.3 is 0 Å². The van der Waals surface area contributed by atoms with Crippen LogP contribution in [0.25, 0.3) is 0 Å². The van der Waals surface area contributed by atoms with Gasteiger partial charge in [0.1, 0.15) is 11.5 Å². The average Bonchev–Trinajstić information content (AvgIpc) is 2.80. The van der Waals surface area contributed by atoms with Crippen LogP contribution in [-0.4, -0.2) is 29.0 Å². The first-order valence-electron chi connectivity index (χ1n) is 10.8. The van der Waals surface area contributed by atoms with E-state index in [2.05, 4.69) is 13.8 Å². The van der Waals surface area contributed by atoms with Crippen LogP contribution >= 0.6 is 0 Å². The van der Waals surface area contributed by atoms with Gasteiger partial charge in [-0.2, -0.15) is 0 Å². The van der Waals surface area contributed by atoms with Crippen molar-refractivity contribution in [3.63, 3.8) is 0 Å².